The highest BCUT2D eigenvalue weighted by Crippen LogP contribution is 2.24. The van der Waals surface area contributed by atoms with Gasteiger partial charge in [-0.2, -0.15) is 0 Å². The Kier molecular flexibility index (Phi) is 5.40. The summed E-state index contributed by atoms with van der Waals surface area (Å²) in [6, 6.07) is 13.5. The first kappa shape index (κ1) is 16.4. The number of benzene rings is 1. The molecule has 1 aromatic heterocycles. The summed E-state index contributed by atoms with van der Waals surface area (Å²) in [5.41, 5.74) is 8.23. The predicted molar refractivity (Wildman–Crippen MR) is 91.1 cm³/mol. The Morgan fingerprint density at radius 3 is 2.79 bits per heavy atom. The number of hydrazine groups is 1. The van der Waals surface area contributed by atoms with Crippen molar-refractivity contribution < 1.29 is 9.53 Å². The van der Waals surface area contributed by atoms with Crippen LogP contribution in [0.4, 0.5) is 0 Å². The number of aromatic nitrogens is 1. The number of ether oxygens (including phenoxy) is 1. The van der Waals surface area contributed by atoms with E-state index in [1.54, 1.807) is 6.20 Å². The molecule has 126 valence electrons. The fraction of sp³-hybridized carbons (Fsp3) is 0.333. The van der Waals surface area contributed by atoms with Gasteiger partial charge >= 0.3 is 0 Å². The molecule has 0 aliphatic carbocycles. The van der Waals surface area contributed by atoms with E-state index in [9.17, 15) is 4.79 Å². The van der Waals surface area contributed by atoms with Gasteiger partial charge in [-0.1, -0.05) is 18.2 Å². The van der Waals surface area contributed by atoms with Crippen LogP contribution < -0.4 is 20.9 Å². The monoisotopic (exact) mass is 326 g/mol. The maximum atomic E-state index is 12.3. The minimum atomic E-state index is -0.259. The summed E-state index contributed by atoms with van der Waals surface area (Å²) in [5.74, 6) is 0.832. The molecule has 1 aliphatic heterocycles. The van der Waals surface area contributed by atoms with E-state index in [1.165, 1.54) is 0 Å². The number of amides is 1. The quantitative estimate of drug-likeness (QED) is 0.753. The van der Waals surface area contributed by atoms with Crippen LogP contribution in [0.3, 0.4) is 0 Å². The van der Waals surface area contributed by atoms with Crippen molar-refractivity contribution in [2.24, 2.45) is 0 Å². The van der Waals surface area contributed by atoms with Crippen LogP contribution >= 0.6 is 0 Å². The summed E-state index contributed by atoms with van der Waals surface area (Å²) in [5, 5.41) is 2.91. The molecule has 6 nitrogen and oxygen atoms in total. The lowest BCUT2D eigenvalue weighted by atomic mass is 10.0. The van der Waals surface area contributed by atoms with Crippen molar-refractivity contribution in [1.82, 2.24) is 21.2 Å². The third-order valence-corrected chi connectivity index (χ3v) is 3.98. The maximum absolute atomic E-state index is 12.3. The highest BCUT2D eigenvalue weighted by molar-refractivity contribution is 5.82. The molecule has 1 amide bonds. The molecule has 3 N–H and O–H groups in total. The number of carbonyl (C=O) groups is 1. The van der Waals surface area contributed by atoms with Crippen LogP contribution in [0.25, 0.3) is 0 Å². The molecule has 0 saturated carbocycles. The van der Waals surface area contributed by atoms with E-state index in [0.717, 1.165) is 17.0 Å². The maximum Gasteiger partial charge on any atom is 0.238 e. The normalized spacial score (nSPS) is 19.9. The van der Waals surface area contributed by atoms with Gasteiger partial charge in [0.05, 0.1) is 18.8 Å². The standard InChI is InChI=1S/C18H22N4O2/c1-2-24-15-8-6-13(7-9-15)16-11-17(22-21-16)18(23)20-12-14-5-3-4-10-19-14/h3-10,16-17,21-22H,2,11-12H2,1H3,(H,20,23). The van der Waals surface area contributed by atoms with Gasteiger partial charge in [0.2, 0.25) is 5.91 Å². The fourth-order valence-electron chi connectivity index (χ4n) is 2.71. The summed E-state index contributed by atoms with van der Waals surface area (Å²) >= 11 is 0. The molecule has 3 rings (SSSR count). The molecule has 2 aromatic rings. The van der Waals surface area contributed by atoms with E-state index in [2.05, 4.69) is 21.2 Å². The number of hydrogen-bond donors (Lipinski definition) is 3. The second-order valence-corrected chi connectivity index (χ2v) is 5.67. The lowest BCUT2D eigenvalue weighted by molar-refractivity contribution is -0.123. The topological polar surface area (TPSA) is 75.3 Å². The van der Waals surface area contributed by atoms with E-state index in [0.29, 0.717) is 19.6 Å². The van der Waals surface area contributed by atoms with Crippen LogP contribution in [0, 0.1) is 0 Å². The van der Waals surface area contributed by atoms with Crippen molar-refractivity contribution in [2.45, 2.75) is 32.0 Å². The van der Waals surface area contributed by atoms with Gasteiger partial charge in [0.1, 0.15) is 11.8 Å². The van der Waals surface area contributed by atoms with E-state index < -0.39 is 0 Å². The minimum Gasteiger partial charge on any atom is -0.494 e. The number of hydrogen-bond acceptors (Lipinski definition) is 5. The van der Waals surface area contributed by atoms with Crippen molar-refractivity contribution in [1.29, 1.82) is 0 Å². The molecule has 0 spiro atoms. The first-order valence-electron chi connectivity index (χ1n) is 8.17. The van der Waals surface area contributed by atoms with Gasteiger partial charge in [-0.05, 0) is 43.2 Å². The van der Waals surface area contributed by atoms with Crippen molar-refractivity contribution in [3.63, 3.8) is 0 Å². The predicted octanol–water partition coefficient (Wildman–Crippen LogP) is 1.70. The third kappa shape index (κ3) is 4.10. The van der Waals surface area contributed by atoms with Crippen LogP contribution in [0.2, 0.25) is 0 Å². The van der Waals surface area contributed by atoms with Gasteiger partial charge in [0.25, 0.3) is 0 Å². The van der Waals surface area contributed by atoms with Crippen LogP contribution in [-0.2, 0) is 11.3 Å². The molecule has 1 saturated heterocycles. The summed E-state index contributed by atoms with van der Waals surface area (Å²) in [6.07, 6.45) is 2.42. The number of carbonyl (C=O) groups excluding carboxylic acids is 1. The van der Waals surface area contributed by atoms with Crippen molar-refractivity contribution >= 4 is 5.91 Å². The second-order valence-electron chi connectivity index (χ2n) is 5.67. The molecule has 2 unspecified atom stereocenters. The first-order chi connectivity index (χ1) is 11.8. The molecule has 0 radical (unpaired) electrons. The smallest absolute Gasteiger partial charge is 0.238 e. The van der Waals surface area contributed by atoms with Crippen LogP contribution in [0.15, 0.2) is 48.7 Å². The molecular formula is C18H22N4O2. The Balaban J connectivity index is 1.51. The summed E-state index contributed by atoms with van der Waals surface area (Å²) in [4.78, 5) is 16.5. The van der Waals surface area contributed by atoms with Crippen molar-refractivity contribution in [3.8, 4) is 5.75 Å². The number of pyridine rings is 1. The summed E-state index contributed by atoms with van der Waals surface area (Å²) in [6.45, 7) is 3.05. The fourth-order valence-corrected chi connectivity index (χ4v) is 2.71. The van der Waals surface area contributed by atoms with E-state index >= 15 is 0 Å². The molecule has 2 atom stereocenters. The molecule has 6 heteroatoms. The third-order valence-electron chi connectivity index (χ3n) is 3.98. The Bertz CT molecular complexity index is 660. The molecule has 1 aromatic carbocycles. The van der Waals surface area contributed by atoms with E-state index in [-0.39, 0.29) is 18.0 Å². The molecule has 1 aliphatic rings. The van der Waals surface area contributed by atoms with Crippen LogP contribution in [0.1, 0.15) is 30.6 Å². The molecule has 24 heavy (non-hydrogen) atoms. The van der Waals surface area contributed by atoms with Gasteiger partial charge in [0.15, 0.2) is 0 Å². The zero-order chi connectivity index (χ0) is 16.8. The highest BCUT2D eigenvalue weighted by Gasteiger charge is 2.29. The highest BCUT2D eigenvalue weighted by atomic mass is 16.5. The average molecular weight is 326 g/mol. The Labute approximate surface area is 141 Å². The summed E-state index contributed by atoms with van der Waals surface area (Å²) in [7, 11) is 0. The van der Waals surface area contributed by atoms with Gasteiger partial charge in [-0.3, -0.25) is 9.78 Å². The zero-order valence-electron chi connectivity index (χ0n) is 13.7. The lowest BCUT2D eigenvalue weighted by Crippen LogP contribution is -2.42. The minimum absolute atomic E-state index is 0.0263. The molecule has 2 heterocycles. The van der Waals surface area contributed by atoms with E-state index in [1.807, 2.05) is 49.4 Å². The molecular weight excluding hydrogens is 304 g/mol. The number of nitrogens with zero attached hydrogens (tertiary/aromatic N) is 1. The largest absolute Gasteiger partial charge is 0.494 e. The van der Waals surface area contributed by atoms with Gasteiger partial charge in [-0.15, -0.1) is 0 Å². The van der Waals surface area contributed by atoms with E-state index in [4.69, 9.17) is 4.74 Å². The Morgan fingerprint density at radius 1 is 1.25 bits per heavy atom. The van der Waals surface area contributed by atoms with Gasteiger partial charge in [-0.25, -0.2) is 10.9 Å². The Hall–Kier alpha value is -2.44. The second kappa shape index (κ2) is 7.90. The number of nitrogens with one attached hydrogen (secondary N) is 3. The van der Waals surface area contributed by atoms with Crippen molar-refractivity contribution in [3.05, 3.63) is 59.9 Å². The van der Waals surface area contributed by atoms with Crippen molar-refractivity contribution in [2.75, 3.05) is 6.61 Å². The lowest BCUT2D eigenvalue weighted by Gasteiger charge is -2.11. The number of rotatable bonds is 6. The molecule has 0 bridgehead atoms. The average Bonchev–Trinajstić information content (AvgIpc) is 3.12. The van der Waals surface area contributed by atoms with Gasteiger partial charge < -0.3 is 10.1 Å². The Morgan fingerprint density at radius 2 is 2.08 bits per heavy atom. The SMILES string of the molecule is CCOc1ccc(C2CC(C(=O)NCc3ccccn3)NN2)cc1. The first-order valence-corrected chi connectivity index (χ1v) is 8.17. The molecule has 1 fully saturated rings. The van der Waals surface area contributed by atoms with Gasteiger partial charge in [0, 0.05) is 12.2 Å². The zero-order valence-corrected chi connectivity index (χ0v) is 13.7. The van der Waals surface area contributed by atoms with Crippen LogP contribution in [-0.4, -0.2) is 23.5 Å². The summed E-state index contributed by atoms with van der Waals surface area (Å²) < 4.78 is 5.45. The van der Waals surface area contributed by atoms with Crippen LogP contribution in [0.5, 0.6) is 5.75 Å².